The van der Waals surface area contributed by atoms with E-state index < -0.39 is 27.5 Å². The van der Waals surface area contributed by atoms with Crippen molar-refractivity contribution < 1.29 is 22.7 Å². The molecular weight excluding hydrogens is 326 g/mol. The molecule has 0 unspecified atom stereocenters. The van der Waals surface area contributed by atoms with Gasteiger partial charge < -0.3 is 10.1 Å². The van der Waals surface area contributed by atoms with Gasteiger partial charge in [0.25, 0.3) is 0 Å². The van der Waals surface area contributed by atoms with Gasteiger partial charge in [0.15, 0.2) is 9.84 Å². The highest BCUT2D eigenvalue weighted by Crippen LogP contribution is 2.33. The van der Waals surface area contributed by atoms with E-state index in [2.05, 4.69) is 11.9 Å². The maximum atomic E-state index is 12.0. The monoisotopic (exact) mass is 345 g/mol. The Morgan fingerprint density at radius 3 is 2.55 bits per heavy atom. The van der Waals surface area contributed by atoms with Crippen LogP contribution in [0.5, 0.6) is 0 Å². The van der Waals surface area contributed by atoms with Crippen LogP contribution in [0.3, 0.4) is 0 Å². The molecule has 0 bridgehead atoms. The fourth-order valence-electron chi connectivity index (χ4n) is 1.76. The molecule has 0 aliphatic heterocycles. The van der Waals surface area contributed by atoms with Crippen LogP contribution in [-0.4, -0.2) is 38.4 Å². The van der Waals surface area contributed by atoms with Gasteiger partial charge in [-0.15, -0.1) is 17.9 Å². The number of esters is 1. The summed E-state index contributed by atoms with van der Waals surface area (Å²) in [4.78, 5) is 24.7. The van der Waals surface area contributed by atoms with Crippen molar-refractivity contribution in [1.29, 1.82) is 0 Å². The molecule has 6 nitrogen and oxygen atoms in total. The van der Waals surface area contributed by atoms with Crippen molar-refractivity contribution >= 4 is 38.1 Å². The van der Waals surface area contributed by atoms with Crippen molar-refractivity contribution in [3.63, 3.8) is 0 Å². The number of rotatable bonds is 7. The topological polar surface area (TPSA) is 89.5 Å². The van der Waals surface area contributed by atoms with Crippen molar-refractivity contribution in [2.45, 2.75) is 20.8 Å². The minimum Gasteiger partial charge on any atom is -0.462 e. The first-order chi connectivity index (χ1) is 10.2. The highest BCUT2D eigenvalue weighted by Gasteiger charge is 2.23. The molecule has 0 atom stereocenters. The summed E-state index contributed by atoms with van der Waals surface area (Å²) >= 11 is 1.22. The summed E-state index contributed by atoms with van der Waals surface area (Å²) in [5, 5.41) is 2.80. The lowest BCUT2D eigenvalue weighted by molar-refractivity contribution is -0.113. The lowest BCUT2D eigenvalue weighted by Crippen LogP contribution is -2.24. The SMILES string of the molecule is C=CCS(=O)(=O)CC(=O)Nc1sc(C)c(C)c1C(=O)OCC. The van der Waals surface area contributed by atoms with E-state index in [4.69, 9.17) is 4.74 Å². The van der Waals surface area contributed by atoms with Gasteiger partial charge in [-0.3, -0.25) is 4.79 Å². The van der Waals surface area contributed by atoms with Crippen LogP contribution in [0.4, 0.5) is 5.00 Å². The molecule has 0 spiro atoms. The van der Waals surface area contributed by atoms with Crippen LogP contribution in [0.25, 0.3) is 0 Å². The zero-order valence-corrected chi connectivity index (χ0v) is 14.4. The van der Waals surface area contributed by atoms with Crippen molar-refractivity contribution in [2.24, 2.45) is 0 Å². The van der Waals surface area contributed by atoms with Gasteiger partial charge >= 0.3 is 5.97 Å². The average molecular weight is 345 g/mol. The van der Waals surface area contributed by atoms with Gasteiger partial charge in [-0.1, -0.05) is 6.08 Å². The van der Waals surface area contributed by atoms with E-state index in [1.165, 1.54) is 17.4 Å². The maximum Gasteiger partial charge on any atom is 0.341 e. The zero-order valence-electron chi connectivity index (χ0n) is 12.8. The Labute approximate surface area is 134 Å². The largest absolute Gasteiger partial charge is 0.462 e. The Hall–Kier alpha value is -1.67. The lowest BCUT2D eigenvalue weighted by atomic mass is 10.1. The Morgan fingerprint density at radius 2 is 2.00 bits per heavy atom. The van der Waals surface area contributed by atoms with Crippen molar-refractivity contribution in [3.05, 3.63) is 28.7 Å². The number of amides is 1. The van der Waals surface area contributed by atoms with E-state index in [1.807, 2.05) is 6.92 Å². The van der Waals surface area contributed by atoms with Crippen LogP contribution < -0.4 is 5.32 Å². The molecule has 1 heterocycles. The third-order valence-electron chi connectivity index (χ3n) is 2.84. The highest BCUT2D eigenvalue weighted by atomic mass is 32.2. The number of carbonyl (C=O) groups is 2. The molecule has 0 radical (unpaired) electrons. The molecule has 1 N–H and O–H groups in total. The summed E-state index contributed by atoms with van der Waals surface area (Å²) in [6.45, 7) is 8.81. The first-order valence-corrected chi connectivity index (χ1v) is 9.24. The Kier molecular flexibility index (Phi) is 6.31. The predicted octanol–water partition coefficient (Wildman–Crippen LogP) is 2.08. The second-order valence-electron chi connectivity index (χ2n) is 4.60. The molecule has 22 heavy (non-hydrogen) atoms. The van der Waals surface area contributed by atoms with E-state index in [0.29, 0.717) is 10.6 Å². The minimum absolute atomic E-state index is 0.217. The Bertz CT molecular complexity index is 688. The standard InChI is InChI=1S/C14H19NO5S2/c1-5-7-22(18,19)8-11(16)15-13-12(14(17)20-6-2)9(3)10(4)21-13/h5H,1,6-8H2,2-4H3,(H,15,16). The van der Waals surface area contributed by atoms with Gasteiger partial charge in [0.2, 0.25) is 5.91 Å². The van der Waals surface area contributed by atoms with Crippen LogP contribution in [0.1, 0.15) is 27.7 Å². The molecule has 0 saturated carbocycles. The summed E-state index contributed by atoms with van der Waals surface area (Å²) < 4.78 is 28.2. The van der Waals surface area contributed by atoms with E-state index in [9.17, 15) is 18.0 Å². The Balaban J connectivity index is 2.99. The van der Waals surface area contributed by atoms with Gasteiger partial charge in [0.05, 0.1) is 17.9 Å². The average Bonchev–Trinajstić information content (AvgIpc) is 2.63. The summed E-state index contributed by atoms with van der Waals surface area (Å²) in [5.41, 5.74) is 0.992. The smallest absolute Gasteiger partial charge is 0.341 e. The zero-order chi connectivity index (χ0) is 16.9. The third-order valence-corrected chi connectivity index (χ3v) is 5.41. The molecule has 1 aromatic heterocycles. The van der Waals surface area contributed by atoms with Crippen LogP contribution in [0.15, 0.2) is 12.7 Å². The second kappa shape index (κ2) is 7.55. The number of carbonyl (C=O) groups excluding carboxylic acids is 2. The number of anilines is 1. The fraction of sp³-hybridized carbons (Fsp3) is 0.429. The molecule has 0 fully saturated rings. The number of hydrogen-bond donors (Lipinski definition) is 1. The number of nitrogens with one attached hydrogen (secondary N) is 1. The molecular formula is C14H19NO5S2. The van der Waals surface area contributed by atoms with Gasteiger partial charge in [-0.25, -0.2) is 13.2 Å². The first-order valence-electron chi connectivity index (χ1n) is 6.60. The third kappa shape index (κ3) is 4.67. The van der Waals surface area contributed by atoms with Crippen LogP contribution in [0, 0.1) is 13.8 Å². The van der Waals surface area contributed by atoms with Gasteiger partial charge in [0.1, 0.15) is 10.8 Å². The highest BCUT2D eigenvalue weighted by molar-refractivity contribution is 7.92. The molecule has 0 aliphatic carbocycles. The number of aryl methyl sites for hydroxylation is 1. The minimum atomic E-state index is -3.54. The Morgan fingerprint density at radius 1 is 1.36 bits per heavy atom. The van der Waals surface area contributed by atoms with Crippen molar-refractivity contribution in [2.75, 3.05) is 23.4 Å². The molecule has 0 saturated heterocycles. The van der Waals surface area contributed by atoms with Crippen LogP contribution in [-0.2, 0) is 19.4 Å². The normalized spacial score (nSPS) is 11.0. The number of ether oxygens (including phenoxy) is 1. The van der Waals surface area contributed by atoms with Crippen LogP contribution in [0.2, 0.25) is 0 Å². The number of hydrogen-bond acceptors (Lipinski definition) is 6. The quantitative estimate of drug-likeness (QED) is 0.604. The summed E-state index contributed by atoms with van der Waals surface area (Å²) in [5.74, 6) is -2.15. The molecule has 0 aliphatic rings. The summed E-state index contributed by atoms with van der Waals surface area (Å²) in [6, 6.07) is 0. The maximum absolute atomic E-state index is 12.0. The van der Waals surface area contributed by atoms with Crippen molar-refractivity contribution in [1.82, 2.24) is 0 Å². The van der Waals surface area contributed by atoms with Gasteiger partial charge in [-0.2, -0.15) is 0 Å². The molecule has 1 rings (SSSR count). The van der Waals surface area contributed by atoms with E-state index in [-0.39, 0.29) is 17.9 Å². The lowest BCUT2D eigenvalue weighted by Gasteiger charge is -2.07. The van der Waals surface area contributed by atoms with E-state index in [1.54, 1.807) is 13.8 Å². The number of thiophene rings is 1. The summed E-state index contributed by atoms with van der Waals surface area (Å²) in [6.07, 6.45) is 1.23. The predicted molar refractivity (Wildman–Crippen MR) is 87.2 cm³/mol. The first kappa shape index (κ1) is 18.4. The van der Waals surface area contributed by atoms with E-state index >= 15 is 0 Å². The molecule has 8 heteroatoms. The van der Waals surface area contributed by atoms with E-state index in [0.717, 1.165) is 4.88 Å². The van der Waals surface area contributed by atoms with Gasteiger partial charge in [0, 0.05) is 4.88 Å². The van der Waals surface area contributed by atoms with Crippen molar-refractivity contribution in [3.8, 4) is 0 Å². The number of sulfone groups is 1. The molecule has 1 amide bonds. The molecule has 1 aromatic rings. The second-order valence-corrected chi connectivity index (χ2v) is 7.93. The van der Waals surface area contributed by atoms with Gasteiger partial charge in [-0.05, 0) is 26.3 Å². The molecule has 0 aromatic carbocycles. The summed E-state index contributed by atoms with van der Waals surface area (Å²) in [7, 11) is -3.54. The molecule has 122 valence electrons. The van der Waals surface area contributed by atoms with Crippen LogP contribution >= 0.6 is 11.3 Å². The fourth-order valence-corrected chi connectivity index (χ4v) is 3.78.